The first-order valence-electron chi connectivity index (χ1n) is 4.61. The summed E-state index contributed by atoms with van der Waals surface area (Å²) >= 11 is 0. The van der Waals surface area contributed by atoms with Crippen molar-refractivity contribution in [3.8, 4) is 0 Å². The Balaban J connectivity index is 3.82. The first kappa shape index (κ1) is 14.9. The lowest BCUT2D eigenvalue weighted by Crippen LogP contribution is -2.42. The number of unbranched alkanes of at least 4 members (excludes halogenated alkanes) is 1. The lowest BCUT2D eigenvalue weighted by atomic mass is 10.2. The van der Waals surface area contributed by atoms with Gasteiger partial charge in [0.15, 0.2) is 0 Å². The molecule has 0 saturated carbocycles. The van der Waals surface area contributed by atoms with Gasteiger partial charge in [-0.1, -0.05) is 0 Å². The number of alkyl halides is 3. The van der Waals surface area contributed by atoms with Crippen molar-refractivity contribution in [3.63, 3.8) is 0 Å². The molecule has 0 aliphatic carbocycles. The zero-order chi connectivity index (χ0) is 11.9. The predicted molar refractivity (Wildman–Crippen MR) is 51.5 cm³/mol. The van der Waals surface area contributed by atoms with Crippen molar-refractivity contribution in [3.05, 3.63) is 0 Å². The average molecular weight is 246 g/mol. The summed E-state index contributed by atoms with van der Waals surface area (Å²) in [5, 5.41) is 0. The molecule has 0 spiro atoms. The van der Waals surface area contributed by atoms with E-state index in [-0.39, 0.29) is 6.42 Å². The molecule has 3 nitrogen and oxygen atoms in total. The van der Waals surface area contributed by atoms with Gasteiger partial charge in [0.1, 0.15) is 0 Å². The Labute approximate surface area is 88.9 Å². The van der Waals surface area contributed by atoms with Gasteiger partial charge in [-0.05, 0) is 12.8 Å². The van der Waals surface area contributed by atoms with E-state index in [0.29, 0.717) is 12.5 Å². The molecule has 0 radical (unpaired) electrons. The molecule has 0 saturated heterocycles. The summed E-state index contributed by atoms with van der Waals surface area (Å²) < 4.78 is 50.8. The molecule has 15 heavy (non-hydrogen) atoms. The third-order valence-corrected chi connectivity index (χ3v) is 4.96. The van der Waals surface area contributed by atoms with E-state index in [1.807, 2.05) is 0 Å². The Hall–Kier alpha value is -0.113. The van der Waals surface area contributed by atoms with Crippen molar-refractivity contribution in [1.82, 2.24) is 0 Å². The fraction of sp³-hybridized carbons (Fsp3) is 1.00. The Bertz CT molecular complexity index is 163. The molecule has 92 valence electrons. The number of hydrogen-bond acceptors (Lipinski definition) is 3. The van der Waals surface area contributed by atoms with Crippen LogP contribution < -0.4 is 0 Å². The van der Waals surface area contributed by atoms with Crippen LogP contribution in [0.5, 0.6) is 0 Å². The van der Waals surface area contributed by atoms with Gasteiger partial charge in [0.05, 0.1) is 0 Å². The molecule has 0 aliphatic rings. The van der Waals surface area contributed by atoms with Gasteiger partial charge in [-0.25, -0.2) is 0 Å². The van der Waals surface area contributed by atoms with Crippen LogP contribution in [-0.2, 0) is 13.3 Å². The maximum atomic E-state index is 11.8. The lowest BCUT2D eigenvalue weighted by Gasteiger charge is -2.24. The van der Waals surface area contributed by atoms with Gasteiger partial charge in [0.2, 0.25) is 0 Å². The normalized spacial score (nSPS) is 13.2. The van der Waals surface area contributed by atoms with Gasteiger partial charge < -0.3 is 13.3 Å². The van der Waals surface area contributed by atoms with Crippen LogP contribution in [0.15, 0.2) is 0 Å². The molecule has 0 amide bonds. The summed E-state index contributed by atoms with van der Waals surface area (Å²) in [6.07, 6.45) is -4.39. The molecule has 0 heterocycles. The predicted octanol–water partition coefficient (Wildman–Crippen LogP) is 2.60. The Morgan fingerprint density at radius 2 is 1.40 bits per heavy atom. The van der Waals surface area contributed by atoms with E-state index in [4.69, 9.17) is 13.3 Å². The molecular formula is C8H17F3O3Si. The summed E-state index contributed by atoms with van der Waals surface area (Å²) in [4.78, 5) is 0. The van der Waals surface area contributed by atoms with Crippen LogP contribution in [0.25, 0.3) is 0 Å². The summed E-state index contributed by atoms with van der Waals surface area (Å²) in [5.74, 6) is 0. The fourth-order valence-electron chi connectivity index (χ4n) is 1.22. The summed E-state index contributed by atoms with van der Waals surface area (Å²) in [6.45, 7) is 0. The quantitative estimate of drug-likeness (QED) is 0.510. The zero-order valence-electron chi connectivity index (χ0n) is 9.19. The minimum atomic E-state index is -4.09. The zero-order valence-corrected chi connectivity index (χ0v) is 10.2. The maximum absolute atomic E-state index is 11.8. The van der Waals surface area contributed by atoms with Gasteiger partial charge in [-0.15, -0.1) is 0 Å². The van der Waals surface area contributed by atoms with Gasteiger partial charge >= 0.3 is 15.0 Å². The molecule has 0 aromatic heterocycles. The first-order valence-corrected chi connectivity index (χ1v) is 6.54. The second-order valence-corrected chi connectivity index (χ2v) is 6.21. The Kier molecular flexibility index (Phi) is 6.42. The van der Waals surface area contributed by atoms with Crippen molar-refractivity contribution in [1.29, 1.82) is 0 Å². The van der Waals surface area contributed by atoms with Crippen LogP contribution in [0.1, 0.15) is 19.3 Å². The molecule has 0 aromatic carbocycles. The highest BCUT2D eigenvalue weighted by atomic mass is 28.4. The van der Waals surface area contributed by atoms with Gasteiger partial charge in [-0.2, -0.15) is 13.2 Å². The van der Waals surface area contributed by atoms with Crippen LogP contribution in [-0.4, -0.2) is 36.3 Å². The minimum Gasteiger partial charge on any atom is -0.377 e. The molecule has 0 N–H and O–H groups in total. The van der Waals surface area contributed by atoms with E-state index in [1.165, 1.54) is 21.3 Å². The fourth-order valence-corrected chi connectivity index (χ4v) is 3.02. The SMILES string of the molecule is CO[Si](CCCCC(F)(F)F)(OC)OC. The van der Waals surface area contributed by atoms with Gasteiger partial charge in [0, 0.05) is 33.8 Å². The smallest absolute Gasteiger partial charge is 0.377 e. The summed E-state index contributed by atoms with van der Waals surface area (Å²) in [5.41, 5.74) is 0. The second-order valence-electron chi connectivity index (χ2n) is 3.12. The van der Waals surface area contributed by atoms with Crippen LogP contribution >= 0.6 is 0 Å². The van der Waals surface area contributed by atoms with Crippen LogP contribution in [0.4, 0.5) is 13.2 Å². The van der Waals surface area contributed by atoms with Crippen molar-refractivity contribution in [2.75, 3.05) is 21.3 Å². The molecule has 0 unspecified atom stereocenters. The number of hydrogen-bond donors (Lipinski definition) is 0. The molecule has 0 atom stereocenters. The highest BCUT2D eigenvalue weighted by Crippen LogP contribution is 2.24. The Morgan fingerprint density at radius 1 is 0.933 bits per heavy atom. The lowest BCUT2D eigenvalue weighted by molar-refractivity contribution is -0.135. The van der Waals surface area contributed by atoms with E-state index >= 15 is 0 Å². The van der Waals surface area contributed by atoms with E-state index < -0.39 is 21.4 Å². The third-order valence-electron chi connectivity index (χ3n) is 2.13. The molecule has 0 aliphatic heterocycles. The van der Waals surface area contributed by atoms with E-state index in [1.54, 1.807) is 0 Å². The topological polar surface area (TPSA) is 27.7 Å². The molecule has 0 bridgehead atoms. The summed E-state index contributed by atoms with van der Waals surface area (Å²) in [7, 11) is 1.66. The second kappa shape index (κ2) is 6.47. The minimum absolute atomic E-state index is 0.0777. The van der Waals surface area contributed by atoms with Gasteiger partial charge in [0.25, 0.3) is 0 Å². The number of halogens is 3. The van der Waals surface area contributed by atoms with Crippen molar-refractivity contribution >= 4 is 8.80 Å². The highest BCUT2D eigenvalue weighted by molar-refractivity contribution is 6.60. The molecule has 7 heteroatoms. The maximum Gasteiger partial charge on any atom is 0.500 e. The third kappa shape index (κ3) is 6.13. The molecule has 0 rings (SSSR count). The standard InChI is InChI=1S/C8H17F3O3Si/c1-12-15(13-2,14-3)7-5-4-6-8(9,10)11/h4-7H2,1-3H3. The molecular weight excluding hydrogens is 229 g/mol. The highest BCUT2D eigenvalue weighted by Gasteiger charge is 2.37. The van der Waals surface area contributed by atoms with Crippen molar-refractivity contribution in [2.45, 2.75) is 31.5 Å². The van der Waals surface area contributed by atoms with Crippen LogP contribution in [0.3, 0.4) is 0 Å². The molecule has 0 aromatic rings. The average Bonchev–Trinajstić information content (AvgIpc) is 2.18. The largest absolute Gasteiger partial charge is 0.500 e. The Morgan fingerprint density at radius 3 is 1.73 bits per heavy atom. The monoisotopic (exact) mass is 246 g/mol. The number of rotatable bonds is 7. The molecule has 0 fully saturated rings. The first-order chi connectivity index (χ1) is 6.89. The van der Waals surface area contributed by atoms with Crippen molar-refractivity contribution < 1.29 is 26.4 Å². The van der Waals surface area contributed by atoms with Crippen LogP contribution in [0, 0.1) is 0 Å². The van der Waals surface area contributed by atoms with Crippen molar-refractivity contribution in [2.24, 2.45) is 0 Å². The van der Waals surface area contributed by atoms with Crippen LogP contribution in [0.2, 0.25) is 6.04 Å². The van der Waals surface area contributed by atoms with Gasteiger partial charge in [-0.3, -0.25) is 0 Å². The van der Waals surface area contributed by atoms with E-state index in [0.717, 1.165) is 0 Å². The van der Waals surface area contributed by atoms with E-state index in [2.05, 4.69) is 0 Å². The van der Waals surface area contributed by atoms with E-state index in [9.17, 15) is 13.2 Å². The summed E-state index contributed by atoms with van der Waals surface area (Å²) in [6, 6.07) is 0.409.